The average molecular weight is 459 g/mol. The first-order chi connectivity index (χ1) is 13.7. The van der Waals surface area contributed by atoms with Crippen molar-refractivity contribution in [2.45, 2.75) is 64.1 Å². The molecule has 0 saturated heterocycles. The van der Waals surface area contributed by atoms with E-state index in [-0.39, 0.29) is 17.7 Å². The second-order valence-corrected chi connectivity index (χ2v) is 9.71. The minimum atomic E-state index is -0.382. The van der Waals surface area contributed by atoms with Crippen LogP contribution in [-0.4, -0.2) is 35.7 Å². The summed E-state index contributed by atoms with van der Waals surface area (Å²) < 4.78 is 6.67. The summed E-state index contributed by atoms with van der Waals surface area (Å²) in [4.78, 5) is 15.0. The number of benzene rings is 2. The van der Waals surface area contributed by atoms with Crippen molar-refractivity contribution in [2.24, 2.45) is 0 Å². The largest absolute Gasteiger partial charge is 0.446 e. The van der Waals surface area contributed by atoms with Crippen LogP contribution in [0.1, 0.15) is 46.5 Å². The maximum atomic E-state index is 12.6. The minimum absolute atomic E-state index is 0.0213. The van der Waals surface area contributed by atoms with Crippen molar-refractivity contribution in [2.75, 3.05) is 12.4 Å². The Hall–Kier alpha value is -1.85. The van der Waals surface area contributed by atoms with Gasteiger partial charge in [0.2, 0.25) is 0 Å². The van der Waals surface area contributed by atoms with Crippen LogP contribution in [0, 0.1) is 0 Å². The van der Waals surface area contributed by atoms with Crippen molar-refractivity contribution >= 4 is 27.7 Å². The Morgan fingerprint density at radius 1 is 1.07 bits per heavy atom. The lowest BCUT2D eigenvalue weighted by Crippen LogP contribution is -2.47. The molecule has 0 heterocycles. The summed E-state index contributed by atoms with van der Waals surface area (Å²) in [7, 11) is 2.19. The quantitative estimate of drug-likeness (QED) is 0.553. The Labute approximate surface area is 182 Å². The molecule has 1 N–H and O–H groups in total. The highest BCUT2D eigenvalue weighted by atomic mass is 79.9. The Bertz CT molecular complexity index is 825. The molecule has 1 aliphatic carbocycles. The predicted octanol–water partition coefficient (Wildman–Crippen LogP) is 6.71. The van der Waals surface area contributed by atoms with E-state index in [4.69, 9.17) is 4.74 Å². The first kappa shape index (κ1) is 21.8. The second kappa shape index (κ2) is 9.31. The topological polar surface area (TPSA) is 41.6 Å². The summed E-state index contributed by atoms with van der Waals surface area (Å²) in [6.07, 6.45) is 3.51. The molecule has 1 fully saturated rings. The Morgan fingerprint density at radius 3 is 2.34 bits per heavy atom. The number of halogens is 1. The first-order valence-electron chi connectivity index (χ1n) is 10.3. The molecule has 0 spiro atoms. The molecule has 2 aromatic carbocycles. The number of carbonyl (C=O) groups is 1. The second-order valence-electron chi connectivity index (χ2n) is 8.80. The predicted molar refractivity (Wildman–Crippen MR) is 123 cm³/mol. The van der Waals surface area contributed by atoms with Gasteiger partial charge in [-0.25, -0.2) is 4.79 Å². The van der Waals surface area contributed by atoms with Crippen LogP contribution < -0.4 is 5.32 Å². The van der Waals surface area contributed by atoms with Crippen LogP contribution in [0.15, 0.2) is 53.0 Å². The minimum Gasteiger partial charge on any atom is -0.446 e. The number of ether oxygens (including phenoxy) is 1. The molecular weight excluding hydrogens is 428 g/mol. The van der Waals surface area contributed by atoms with Crippen LogP contribution in [0.5, 0.6) is 0 Å². The van der Waals surface area contributed by atoms with Gasteiger partial charge in [0, 0.05) is 21.6 Å². The van der Waals surface area contributed by atoms with Crippen molar-refractivity contribution < 1.29 is 9.53 Å². The van der Waals surface area contributed by atoms with Gasteiger partial charge in [-0.1, -0.05) is 52.3 Å². The SMILES string of the molecule is CN(C1CCC(OC(=O)Nc2cc(Br)ccc2-c2ccccc2)CC1)C(C)(C)C. The fourth-order valence-corrected chi connectivity index (χ4v) is 4.24. The zero-order chi connectivity index (χ0) is 21.0. The summed E-state index contributed by atoms with van der Waals surface area (Å²) in [5.74, 6) is 0. The van der Waals surface area contributed by atoms with Gasteiger partial charge in [0.25, 0.3) is 0 Å². The summed E-state index contributed by atoms with van der Waals surface area (Å²) in [6, 6.07) is 16.5. The van der Waals surface area contributed by atoms with E-state index in [2.05, 4.69) is 54.0 Å². The molecule has 156 valence electrons. The molecule has 29 heavy (non-hydrogen) atoms. The number of amides is 1. The fraction of sp³-hybridized carbons (Fsp3) is 0.458. The summed E-state index contributed by atoms with van der Waals surface area (Å²) in [6.45, 7) is 6.72. The number of hydrogen-bond acceptors (Lipinski definition) is 3. The van der Waals surface area contributed by atoms with E-state index < -0.39 is 0 Å². The molecule has 0 radical (unpaired) electrons. The van der Waals surface area contributed by atoms with Crippen LogP contribution >= 0.6 is 15.9 Å². The molecule has 4 nitrogen and oxygen atoms in total. The van der Waals surface area contributed by atoms with E-state index >= 15 is 0 Å². The maximum absolute atomic E-state index is 12.6. The molecule has 1 saturated carbocycles. The number of nitrogens with one attached hydrogen (secondary N) is 1. The third-order valence-corrected chi connectivity index (χ3v) is 6.32. The number of hydrogen-bond donors (Lipinski definition) is 1. The molecular formula is C24H31BrN2O2. The lowest BCUT2D eigenvalue weighted by atomic mass is 9.89. The van der Waals surface area contributed by atoms with Crippen LogP contribution in [-0.2, 0) is 4.74 Å². The third-order valence-electron chi connectivity index (χ3n) is 5.83. The monoisotopic (exact) mass is 458 g/mol. The first-order valence-corrected chi connectivity index (χ1v) is 11.1. The highest BCUT2D eigenvalue weighted by molar-refractivity contribution is 9.10. The standard InChI is InChI=1S/C24H31BrN2O2/c1-24(2,3)27(4)19-11-13-20(14-12-19)29-23(28)26-22-16-18(25)10-15-21(22)17-8-6-5-7-9-17/h5-10,15-16,19-20H,11-14H2,1-4H3,(H,26,28). The summed E-state index contributed by atoms with van der Waals surface area (Å²) in [5.41, 5.74) is 2.93. The molecule has 0 aromatic heterocycles. The molecule has 5 heteroatoms. The van der Waals surface area contributed by atoms with Gasteiger partial charge >= 0.3 is 6.09 Å². The zero-order valence-electron chi connectivity index (χ0n) is 17.7. The molecule has 0 unspecified atom stereocenters. The smallest absolute Gasteiger partial charge is 0.411 e. The van der Waals surface area contributed by atoms with Crippen molar-refractivity contribution in [1.82, 2.24) is 4.90 Å². The van der Waals surface area contributed by atoms with Crippen LogP contribution in [0.2, 0.25) is 0 Å². The maximum Gasteiger partial charge on any atom is 0.411 e. The summed E-state index contributed by atoms with van der Waals surface area (Å²) in [5, 5.41) is 2.95. The van der Waals surface area contributed by atoms with Gasteiger partial charge in [0.05, 0.1) is 5.69 Å². The van der Waals surface area contributed by atoms with Gasteiger partial charge in [-0.05, 0) is 71.2 Å². The van der Waals surface area contributed by atoms with Crippen molar-refractivity contribution in [3.63, 3.8) is 0 Å². The average Bonchev–Trinajstić information content (AvgIpc) is 2.68. The van der Waals surface area contributed by atoms with E-state index in [0.29, 0.717) is 6.04 Å². The van der Waals surface area contributed by atoms with Gasteiger partial charge in [0.1, 0.15) is 6.10 Å². The van der Waals surface area contributed by atoms with Crippen LogP contribution in [0.3, 0.4) is 0 Å². The highest BCUT2D eigenvalue weighted by Crippen LogP contribution is 2.32. The van der Waals surface area contributed by atoms with Gasteiger partial charge in [-0.15, -0.1) is 0 Å². The van der Waals surface area contributed by atoms with Gasteiger partial charge in [-0.2, -0.15) is 0 Å². The van der Waals surface area contributed by atoms with Crippen molar-refractivity contribution in [1.29, 1.82) is 0 Å². The molecule has 1 aliphatic rings. The number of anilines is 1. The molecule has 0 aliphatic heterocycles. The zero-order valence-corrected chi connectivity index (χ0v) is 19.3. The number of carbonyl (C=O) groups excluding carboxylic acids is 1. The highest BCUT2D eigenvalue weighted by Gasteiger charge is 2.30. The molecule has 0 bridgehead atoms. The summed E-state index contributed by atoms with van der Waals surface area (Å²) >= 11 is 3.50. The van der Waals surface area contributed by atoms with Crippen molar-refractivity contribution in [3.05, 3.63) is 53.0 Å². The van der Waals surface area contributed by atoms with Crippen LogP contribution in [0.25, 0.3) is 11.1 Å². The van der Waals surface area contributed by atoms with E-state index in [1.54, 1.807) is 0 Å². The van der Waals surface area contributed by atoms with Gasteiger partial charge < -0.3 is 4.74 Å². The van der Waals surface area contributed by atoms with Crippen molar-refractivity contribution in [3.8, 4) is 11.1 Å². The fourth-order valence-electron chi connectivity index (χ4n) is 3.88. The Balaban J connectivity index is 1.60. The lowest BCUT2D eigenvalue weighted by molar-refractivity contribution is 0.0354. The lowest BCUT2D eigenvalue weighted by Gasteiger charge is -2.41. The number of nitrogens with zero attached hydrogens (tertiary/aromatic N) is 1. The van der Waals surface area contributed by atoms with E-state index in [9.17, 15) is 4.79 Å². The molecule has 0 atom stereocenters. The van der Waals surface area contributed by atoms with Gasteiger partial charge in [-0.3, -0.25) is 10.2 Å². The van der Waals surface area contributed by atoms with E-state index in [0.717, 1.165) is 47.0 Å². The van der Waals surface area contributed by atoms with Gasteiger partial charge in [0.15, 0.2) is 0 Å². The molecule has 2 aromatic rings. The van der Waals surface area contributed by atoms with E-state index in [1.807, 2.05) is 48.5 Å². The Morgan fingerprint density at radius 2 is 1.72 bits per heavy atom. The molecule has 1 amide bonds. The third kappa shape index (κ3) is 5.83. The normalized spacial score (nSPS) is 19.8. The number of rotatable bonds is 4. The van der Waals surface area contributed by atoms with E-state index in [1.165, 1.54) is 0 Å². The van der Waals surface area contributed by atoms with Crippen LogP contribution in [0.4, 0.5) is 10.5 Å². The molecule has 3 rings (SSSR count). The Kier molecular flexibility index (Phi) is 7.01.